The molecule has 2 aliphatic heterocycles. The van der Waals surface area contributed by atoms with Gasteiger partial charge in [0.05, 0.1) is 6.54 Å². The van der Waals surface area contributed by atoms with Gasteiger partial charge in [-0.15, -0.1) is 0 Å². The third-order valence-corrected chi connectivity index (χ3v) is 6.00. The van der Waals surface area contributed by atoms with E-state index in [0.717, 1.165) is 24.8 Å². The topological polar surface area (TPSA) is 97.0 Å². The standard InChI is InChI=1S/C21H27N3O5/c1-13-4-2-3-5-15(13)22-19(25)9-7-16-20(26)24(21(27)23-16)11-14-6-8-17-18(10-14)29-12-28-17/h6,8,10,13,15-16H,2-5,7,9,11-12H2,1H3,(H,22,25)(H,23,27). The molecular weight excluding hydrogens is 374 g/mol. The highest BCUT2D eigenvalue weighted by Crippen LogP contribution is 2.33. The van der Waals surface area contributed by atoms with Crippen molar-refractivity contribution in [3.8, 4) is 11.5 Å². The van der Waals surface area contributed by atoms with Crippen LogP contribution in [-0.2, 0) is 16.1 Å². The van der Waals surface area contributed by atoms with Crippen LogP contribution in [0.3, 0.4) is 0 Å². The van der Waals surface area contributed by atoms with Crippen molar-refractivity contribution < 1.29 is 23.9 Å². The second-order valence-electron chi connectivity index (χ2n) is 8.09. The Hall–Kier alpha value is -2.77. The van der Waals surface area contributed by atoms with E-state index < -0.39 is 12.1 Å². The van der Waals surface area contributed by atoms with E-state index in [1.807, 2.05) is 0 Å². The molecule has 3 atom stereocenters. The molecule has 2 heterocycles. The summed E-state index contributed by atoms with van der Waals surface area (Å²) in [6, 6.07) is 4.47. The zero-order valence-electron chi connectivity index (χ0n) is 16.6. The van der Waals surface area contributed by atoms with E-state index in [1.54, 1.807) is 18.2 Å². The first kappa shape index (κ1) is 19.5. The Bertz CT molecular complexity index is 812. The Balaban J connectivity index is 1.29. The Morgan fingerprint density at radius 3 is 2.83 bits per heavy atom. The molecule has 2 N–H and O–H groups in total. The molecule has 4 rings (SSSR count). The molecule has 3 unspecified atom stereocenters. The molecule has 1 saturated carbocycles. The van der Waals surface area contributed by atoms with E-state index in [2.05, 4.69) is 17.6 Å². The fourth-order valence-corrected chi connectivity index (χ4v) is 4.23. The zero-order chi connectivity index (χ0) is 20.4. The largest absolute Gasteiger partial charge is 0.454 e. The van der Waals surface area contributed by atoms with E-state index in [9.17, 15) is 14.4 Å². The van der Waals surface area contributed by atoms with Gasteiger partial charge in [-0.3, -0.25) is 14.5 Å². The highest BCUT2D eigenvalue weighted by molar-refractivity contribution is 6.04. The quantitative estimate of drug-likeness (QED) is 0.713. The summed E-state index contributed by atoms with van der Waals surface area (Å²) in [5.41, 5.74) is 0.780. The summed E-state index contributed by atoms with van der Waals surface area (Å²) >= 11 is 0. The van der Waals surface area contributed by atoms with Crippen LogP contribution >= 0.6 is 0 Å². The van der Waals surface area contributed by atoms with Crippen LogP contribution in [0.2, 0.25) is 0 Å². The molecule has 3 aliphatic rings. The number of ether oxygens (including phenoxy) is 2. The van der Waals surface area contributed by atoms with Gasteiger partial charge in [-0.05, 0) is 42.9 Å². The minimum Gasteiger partial charge on any atom is -0.454 e. The number of rotatable bonds is 6. The summed E-state index contributed by atoms with van der Waals surface area (Å²) < 4.78 is 10.6. The van der Waals surface area contributed by atoms with E-state index in [4.69, 9.17) is 9.47 Å². The Kier molecular flexibility index (Phi) is 5.60. The lowest BCUT2D eigenvalue weighted by atomic mass is 9.86. The van der Waals surface area contributed by atoms with Crippen molar-refractivity contribution in [1.82, 2.24) is 15.5 Å². The fraction of sp³-hybridized carbons (Fsp3) is 0.571. The van der Waals surface area contributed by atoms with E-state index in [-0.39, 0.29) is 37.6 Å². The highest BCUT2D eigenvalue weighted by Gasteiger charge is 2.38. The van der Waals surface area contributed by atoms with Crippen LogP contribution in [0, 0.1) is 5.92 Å². The molecule has 8 heteroatoms. The Labute approximate surface area is 169 Å². The summed E-state index contributed by atoms with van der Waals surface area (Å²) in [6.07, 6.45) is 5.02. The maximum Gasteiger partial charge on any atom is 0.325 e. The molecule has 1 saturated heterocycles. The van der Waals surface area contributed by atoms with E-state index in [0.29, 0.717) is 23.8 Å². The van der Waals surface area contributed by atoms with Gasteiger partial charge >= 0.3 is 6.03 Å². The third kappa shape index (κ3) is 4.31. The summed E-state index contributed by atoms with van der Waals surface area (Å²) in [4.78, 5) is 38.4. The molecule has 0 spiro atoms. The molecule has 1 aromatic carbocycles. The van der Waals surface area contributed by atoms with Crippen molar-refractivity contribution in [3.05, 3.63) is 23.8 Å². The molecule has 0 aromatic heterocycles. The number of amides is 4. The molecule has 0 radical (unpaired) electrons. The molecule has 156 valence electrons. The number of imide groups is 1. The number of hydrogen-bond donors (Lipinski definition) is 2. The zero-order valence-corrected chi connectivity index (χ0v) is 16.6. The van der Waals surface area contributed by atoms with Crippen molar-refractivity contribution in [2.24, 2.45) is 5.92 Å². The number of nitrogens with one attached hydrogen (secondary N) is 2. The van der Waals surface area contributed by atoms with Crippen molar-refractivity contribution in [3.63, 3.8) is 0 Å². The van der Waals surface area contributed by atoms with Gasteiger partial charge in [-0.25, -0.2) is 4.79 Å². The minimum absolute atomic E-state index is 0.0555. The van der Waals surface area contributed by atoms with Crippen LogP contribution in [0.25, 0.3) is 0 Å². The summed E-state index contributed by atoms with van der Waals surface area (Å²) in [5, 5.41) is 5.79. The molecule has 8 nitrogen and oxygen atoms in total. The van der Waals surface area contributed by atoms with Crippen molar-refractivity contribution in [2.45, 2.75) is 64.1 Å². The summed E-state index contributed by atoms with van der Waals surface area (Å²) in [7, 11) is 0. The number of urea groups is 1. The first-order valence-corrected chi connectivity index (χ1v) is 10.3. The second-order valence-corrected chi connectivity index (χ2v) is 8.09. The summed E-state index contributed by atoms with van der Waals surface area (Å²) in [5.74, 6) is 1.39. The van der Waals surface area contributed by atoms with Crippen molar-refractivity contribution >= 4 is 17.8 Å². The fourth-order valence-electron chi connectivity index (χ4n) is 4.23. The van der Waals surface area contributed by atoms with E-state index in [1.165, 1.54) is 11.3 Å². The van der Waals surface area contributed by atoms with Crippen molar-refractivity contribution in [2.75, 3.05) is 6.79 Å². The first-order chi connectivity index (χ1) is 14.0. The van der Waals surface area contributed by atoms with Crippen LogP contribution in [-0.4, -0.2) is 41.6 Å². The lowest BCUT2D eigenvalue weighted by Crippen LogP contribution is -2.41. The highest BCUT2D eigenvalue weighted by atomic mass is 16.7. The average molecular weight is 401 g/mol. The minimum atomic E-state index is -0.661. The number of nitrogens with zero attached hydrogens (tertiary/aromatic N) is 1. The number of carbonyl (C=O) groups is 3. The lowest BCUT2D eigenvalue weighted by molar-refractivity contribution is -0.128. The van der Waals surface area contributed by atoms with Crippen LogP contribution in [0.1, 0.15) is 51.0 Å². The predicted molar refractivity (Wildman–Crippen MR) is 104 cm³/mol. The predicted octanol–water partition coefficient (Wildman–Crippen LogP) is 2.31. The van der Waals surface area contributed by atoms with Gasteiger partial charge in [0.2, 0.25) is 12.7 Å². The lowest BCUT2D eigenvalue weighted by Gasteiger charge is -2.29. The molecule has 1 aliphatic carbocycles. The molecule has 29 heavy (non-hydrogen) atoms. The van der Waals surface area contributed by atoms with Crippen LogP contribution < -0.4 is 20.1 Å². The van der Waals surface area contributed by atoms with Gasteiger partial charge in [-0.1, -0.05) is 25.8 Å². The molecular formula is C21H27N3O5. The normalized spacial score (nSPS) is 25.8. The Morgan fingerprint density at radius 2 is 2.00 bits per heavy atom. The third-order valence-electron chi connectivity index (χ3n) is 6.00. The van der Waals surface area contributed by atoms with Gasteiger partial charge < -0.3 is 20.1 Å². The van der Waals surface area contributed by atoms with Gasteiger partial charge in [0.15, 0.2) is 11.5 Å². The van der Waals surface area contributed by atoms with Gasteiger partial charge in [0.25, 0.3) is 5.91 Å². The monoisotopic (exact) mass is 401 g/mol. The number of hydrogen-bond acceptors (Lipinski definition) is 5. The molecule has 2 fully saturated rings. The van der Waals surface area contributed by atoms with E-state index >= 15 is 0 Å². The molecule has 4 amide bonds. The van der Waals surface area contributed by atoms with Crippen LogP contribution in [0.15, 0.2) is 18.2 Å². The maximum absolute atomic E-state index is 12.7. The maximum atomic E-state index is 12.7. The first-order valence-electron chi connectivity index (χ1n) is 10.3. The smallest absolute Gasteiger partial charge is 0.325 e. The van der Waals surface area contributed by atoms with Crippen LogP contribution in [0.5, 0.6) is 11.5 Å². The van der Waals surface area contributed by atoms with Gasteiger partial charge in [0, 0.05) is 12.5 Å². The molecule has 0 bridgehead atoms. The van der Waals surface area contributed by atoms with Crippen LogP contribution in [0.4, 0.5) is 4.79 Å². The average Bonchev–Trinajstić information content (AvgIpc) is 3.27. The Morgan fingerprint density at radius 1 is 1.21 bits per heavy atom. The number of benzene rings is 1. The number of fused-ring (bicyclic) bond motifs is 1. The summed E-state index contributed by atoms with van der Waals surface area (Å²) in [6.45, 7) is 2.49. The second kappa shape index (κ2) is 8.31. The molecule has 1 aromatic rings. The SMILES string of the molecule is CC1CCCCC1NC(=O)CCC1NC(=O)N(Cc2ccc3c(c2)OCO3)C1=O. The number of carbonyl (C=O) groups excluding carboxylic acids is 3. The van der Waals surface area contributed by atoms with Gasteiger partial charge in [-0.2, -0.15) is 0 Å². The van der Waals surface area contributed by atoms with Gasteiger partial charge in [0.1, 0.15) is 6.04 Å². The van der Waals surface area contributed by atoms with Crippen molar-refractivity contribution in [1.29, 1.82) is 0 Å².